The maximum atomic E-state index is 13.7. The van der Waals surface area contributed by atoms with E-state index >= 15 is 0 Å². The fourth-order valence-electron chi connectivity index (χ4n) is 4.19. The van der Waals surface area contributed by atoms with Crippen molar-refractivity contribution in [3.8, 4) is 22.1 Å². The Morgan fingerprint density at radius 3 is 2.38 bits per heavy atom. The van der Waals surface area contributed by atoms with Crippen molar-refractivity contribution in [1.82, 2.24) is 4.98 Å². The monoisotopic (exact) mass is 573 g/mol. The fourth-order valence-corrected chi connectivity index (χ4v) is 6.71. The van der Waals surface area contributed by atoms with Crippen molar-refractivity contribution in [3.05, 3.63) is 96.6 Å². The molecule has 1 aromatic heterocycles. The number of ether oxygens (including phenoxy) is 2. The van der Waals surface area contributed by atoms with E-state index in [2.05, 4.69) is 11.4 Å². The molecule has 0 aliphatic carbocycles. The Balaban J connectivity index is 1.41. The molecule has 1 heterocycles. The van der Waals surface area contributed by atoms with Gasteiger partial charge in [-0.25, -0.2) is 13.4 Å². The first-order chi connectivity index (χ1) is 19.3. The van der Waals surface area contributed by atoms with Gasteiger partial charge in [0, 0.05) is 17.3 Å². The molecule has 0 bridgehead atoms. The molecule has 8 nitrogen and oxygen atoms in total. The summed E-state index contributed by atoms with van der Waals surface area (Å²) in [7, 11) is -1.21. The molecule has 4 aromatic carbocycles. The van der Waals surface area contributed by atoms with Crippen LogP contribution in [0.2, 0.25) is 0 Å². The highest BCUT2D eigenvalue weighted by molar-refractivity contribution is 7.92. The summed E-state index contributed by atoms with van der Waals surface area (Å²) in [5.41, 5.74) is 3.75. The predicted octanol–water partition coefficient (Wildman–Crippen LogP) is 6.12. The first-order valence-electron chi connectivity index (χ1n) is 12.4. The molecule has 0 aliphatic rings. The van der Waals surface area contributed by atoms with E-state index in [1.165, 1.54) is 38.0 Å². The van der Waals surface area contributed by atoms with Crippen molar-refractivity contribution < 1.29 is 22.7 Å². The quantitative estimate of drug-likeness (QED) is 0.228. The van der Waals surface area contributed by atoms with Crippen molar-refractivity contribution in [2.75, 3.05) is 30.4 Å². The van der Waals surface area contributed by atoms with E-state index in [0.717, 1.165) is 25.1 Å². The Morgan fingerprint density at radius 1 is 0.925 bits per heavy atom. The zero-order chi connectivity index (χ0) is 28.3. The van der Waals surface area contributed by atoms with Gasteiger partial charge in [-0.15, -0.1) is 11.3 Å². The number of anilines is 2. The Labute approximate surface area is 236 Å². The Bertz CT molecular complexity index is 1770. The van der Waals surface area contributed by atoms with E-state index < -0.39 is 22.5 Å². The second kappa shape index (κ2) is 11.4. The van der Waals surface area contributed by atoms with Crippen molar-refractivity contribution in [2.45, 2.75) is 11.8 Å². The van der Waals surface area contributed by atoms with Gasteiger partial charge in [0.2, 0.25) is 5.91 Å². The van der Waals surface area contributed by atoms with Crippen LogP contribution in [0.3, 0.4) is 0 Å². The summed E-state index contributed by atoms with van der Waals surface area (Å²) >= 11 is 1.60. The molecular formula is C30H27N3O5S2. The lowest BCUT2D eigenvalue weighted by atomic mass is 10.2. The molecule has 0 saturated carbocycles. The molecule has 0 atom stereocenters. The third-order valence-electron chi connectivity index (χ3n) is 6.23. The SMILES string of the molecule is COc1ccc(OC)c(N(CC(=O)Nc2ccc(-c3nc4ccc(C)cc4s3)cc2)S(=O)(=O)c2ccccc2)c1. The van der Waals surface area contributed by atoms with Crippen LogP contribution in [0.15, 0.2) is 95.9 Å². The second-order valence-corrected chi connectivity index (χ2v) is 11.9. The maximum Gasteiger partial charge on any atom is 0.264 e. The number of nitrogens with zero attached hydrogens (tertiary/aromatic N) is 2. The van der Waals surface area contributed by atoms with Gasteiger partial charge in [0.25, 0.3) is 10.0 Å². The number of hydrogen-bond acceptors (Lipinski definition) is 7. The van der Waals surface area contributed by atoms with Gasteiger partial charge in [-0.05, 0) is 73.2 Å². The van der Waals surface area contributed by atoms with Gasteiger partial charge in [-0.1, -0.05) is 24.3 Å². The lowest BCUT2D eigenvalue weighted by molar-refractivity contribution is -0.114. The van der Waals surface area contributed by atoms with E-state index in [0.29, 0.717) is 11.4 Å². The number of nitrogens with one attached hydrogen (secondary N) is 1. The van der Waals surface area contributed by atoms with Crippen LogP contribution in [-0.4, -0.2) is 40.1 Å². The largest absolute Gasteiger partial charge is 0.497 e. The number of thiazole rings is 1. The Morgan fingerprint density at radius 2 is 1.68 bits per heavy atom. The van der Waals surface area contributed by atoms with Gasteiger partial charge < -0.3 is 14.8 Å². The normalized spacial score (nSPS) is 11.3. The molecule has 0 spiro atoms. The summed E-state index contributed by atoms with van der Waals surface area (Å²) in [5.74, 6) is 0.182. The number of fused-ring (bicyclic) bond motifs is 1. The van der Waals surface area contributed by atoms with Gasteiger partial charge in [-0.3, -0.25) is 9.10 Å². The Hall–Kier alpha value is -4.41. The zero-order valence-corrected chi connectivity index (χ0v) is 23.8. The molecule has 40 heavy (non-hydrogen) atoms. The van der Waals surface area contributed by atoms with Crippen LogP contribution < -0.4 is 19.1 Å². The van der Waals surface area contributed by atoms with E-state index in [9.17, 15) is 13.2 Å². The molecule has 0 unspecified atom stereocenters. The van der Waals surface area contributed by atoms with Gasteiger partial charge >= 0.3 is 0 Å². The summed E-state index contributed by atoms with van der Waals surface area (Å²) in [6, 6.07) is 26.2. The molecule has 0 aliphatic heterocycles. The molecule has 1 N–H and O–H groups in total. The highest BCUT2D eigenvalue weighted by Crippen LogP contribution is 2.36. The van der Waals surface area contributed by atoms with E-state index in [-0.39, 0.29) is 16.3 Å². The maximum absolute atomic E-state index is 13.7. The smallest absolute Gasteiger partial charge is 0.264 e. The van der Waals surface area contributed by atoms with Crippen molar-refractivity contribution in [1.29, 1.82) is 0 Å². The van der Waals surface area contributed by atoms with Crippen LogP contribution in [0.4, 0.5) is 11.4 Å². The molecule has 204 valence electrons. The van der Waals surface area contributed by atoms with Crippen LogP contribution in [-0.2, 0) is 14.8 Å². The minimum absolute atomic E-state index is 0.0445. The molecule has 5 aromatic rings. The van der Waals surface area contributed by atoms with Crippen LogP contribution in [0.25, 0.3) is 20.8 Å². The highest BCUT2D eigenvalue weighted by Gasteiger charge is 2.30. The van der Waals surface area contributed by atoms with Crippen molar-refractivity contribution in [3.63, 3.8) is 0 Å². The number of aromatic nitrogens is 1. The number of rotatable bonds is 9. The van der Waals surface area contributed by atoms with Gasteiger partial charge in [0.15, 0.2) is 0 Å². The molecule has 1 amide bonds. The number of hydrogen-bond donors (Lipinski definition) is 1. The standard InChI is InChI=1S/C30H27N3O5S2/c1-20-9-15-25-28(17-20)39-30(32-25)21-10-12-22(13-11-21)31-29(34)19-33(40(35,36)24-7-5-4-6-8-24)26-18-23(37-2)14-16-27(26)38-3/h4-18H,19H2,1-3H3,(H,31,34). The van der Waals surface area contributed by atoms with E-state index in [1.54, 1.807) is 53.8 Å². The number of sulfonamides is 1. The third kappa shape index (κ3) is 5.63. The summed E-state index contributed by atoms with van der Waals surface area (Å²) in [6.45, 7) is 1.56. The minimum atomic E-state index is -4.13. The van der Waals surface area contributed by atoms with Crippen molar-refractivity contribution >= 4 is 48.9 Å². The van der Waals surface area contributed by atoms with Gasteiger partial charge in [-0.2, -0.15) is 0 Å². The number of amides is 1. The molecule has 10 heteroatoms. The van der Waals surface area contributed by atoms with Crippen molar-refractivity contribution in [2.24, 2.45) is 0 Å². The summed E-state index contributed by atoms with van der Waals surface area (Å²) in [5, 5.41) is 3.69. The molecule has 5 rings (SSSR count). The average Bonchev–Trinajstić information content (AvgIpc) is 3.39. The molecular weight excluding hydrogens is 546 g/mol. The number of carbonyl (C=O) groups excluding carboxylic acids is 1. The lowest BCUT2D eigenvalue weighted by Gasteiger charge is -2.26. The summed E-state index contributed by atoms with van der Waals surface area (Å²) in [6.07, 6.45) is 0. The first-order valence-corrected chi connectivity index (χ1v) is 14.6. The second-order valence-electron chi connectivity index (χ2n) is 8.98. The average molecular weight is 574 g/mol. The minimum Gasteiger partial charge on any atom is -0.497 e. The topological polar surface area (TPSA) is 97.8 Å². The predicted molar refractivity (Wildman–Crippen MR) is 159 cm³/mol. The van der Waals surface area contributed by atoms with Gasteiger partial charge in [0.1, 0.15) is 23.1 Å². The third-order valence-corrected chi connectivity index (χ3v) is 9.07. The molecule has 0 saturated heterocycles. The zero-order valence-electron chi connectivity index (χ0n) is 22.1. The fraction of sp³-hybridized carbons (Fsp3) is 0.133. The van der Waals surface area contributed by atoms with Crippen LogP contribution in [0, 0.1) is 6.92 Å². The number of benzene rings is 4. The highest BCUT2D eigenvalue weighted by atomic mass is 32.2. The van der Waals surface area contributed by atoms with Crippen LogP contribution in [0.5, 0.6) is 11.5 Å². The first kappa shape index (κ1) is 27.2. The number of aryl methyl sites for hydroxylation is 1. The number of methoxy groups -OCH3 is 2. The number of carbonyl (C=O) groups is 1. The van der Waals surface area contributed by atoms with E-state index in [1.807, 2.05) is 31.2 Å². The molecule has 0 fully saturated rings. The van der Waals surface area contributed by atoms with Gasteiger partial charge in [0.05, 0.1) is 35.0 Å². The summed E-state index contributed by atoms with van der Waals surface area (Å²) in [4.78, 5) is 18.0. The lowest BCUT2D eigenvalue weighted by Crippen LogP contribution is -2.38. The molecule has 0 radical (unpaired) electrons. The van der Waals surface area contributed by atoms with Crippen LogP contribution >= 0.6 is 11.3 Å². The Kier molecular flexibility index (Phi) is 7.72. The summed E-state index contributed by atoms with van der Waals surface area (Å²) < 4.78 is 40.3. The van der Waals surface area contributed by atoms with Crippen LogP contribution in [0.1, 0.15) is 5.56 Å². The van der Waals surface area contributed by atoms with E-state index in [4.69, 9.17) is 14.5 Å².